The smallest absolute Gasteiger partial charge is 0.173 e. The average molecular weight is 342 g/mol. The lowest BCUT2D eigenvalue weighted by atomic mass is 9.77. The SMILES string of the molecule is CSC[C@]12C=C[C@H](O1)[C@@H]1C(=O)C(c3c(C)cc(C)cc3C)=C(O)[C@@H]12. The Kier molecular flexibility index (Phi) is 3.49. The van der Waals surface area contributed by atoms with Crippen LogP contribution in [0, 0.1) is 32.6 Å². The normalized spacial score (nSPS) is 33.7. The zero-order valence-corrected chi connectivity index (χ0v) is 15.2. The van der Waals surface area contributed by atoms with E-state index < -0.39 is 5.60 Å². The maximum absolute atomic E-state index is 13.2. The number of ether oxygens (including phenoxy) is 1. The molecular weight excluding hydrogens is 320 g/mol. The van der Waals surface area contributed by atoms with Gasteiger partial charge in [-0.1, -0.05) is 29.8 Å². The molecule has 1 saturated heterocycles. The third-order valence-corrected chi connectivity index (χ3v) is 6.30. The van der Waals surface area contributed by atoms with E-state index in [1.807, 2.05) is 26.2 Å². The van der Waals surface area contributed by atoms with Crippen LogP contribution in [0.25, 0.3) is 5.57 Å². The molecule has 1 N–H and O–H groups in total. The number of rotatable bonds is 3. The van der Waals surface area contributed by atoms with Crippen LogP contribution in [0.4, 0.5) is 0 Å². The zero-order chi connectivity index (χ0) is 17.2. The Bertz CT molecular complexity index is 784. The molecule has 1 fully saturated rings. The average Bonchev–Trinajstić information content (AvgIpc) is 3.12. The van der Waals surface area contributed by atoms with Crippen molar-refractivity contribution in [2.45, 2.75) is 32.5 Å². The van der Waals surface area contributed by atoms with Gasteiger partial charge in [0.2, 0.25) is 0 Å². The Balaban J connectivity index is 1.88. The van der Waals surface area contributed by atoms with Gasteiger partial charge in [-0.2, -0.15) is 11.8 Å². The fraction of sp³-hybridized carbons (Fsp3) is 0.450. The van der Waals surface area contributed by atoms with Crippen LogP contribution in [0.15, 0.2) is 30.0 Å². The number of allylic oxidation sites excluding steroid dienone is 1. The fourth-order valence-corrected chi connectivity index (χ4v) is 5.62. The topological polar surface area (TPSA) is 46.5 Å². The number of ketones is 1. The largest absolute Gasteiger partial charge is 0.511 e. The highest BCUT2D eigenvalue weighted by Crippen LogP contribution is 2.57. The fourth-order valence-electron chi connectivity index (χ4n) is 4.83. The highest BCUT2D eigenvalue weighted by atomic mass is 32.2. The molecule has 4 rings (SSSR count). The number of hydrogen-bond acceptors (Lipinski definition) is 4. The number of carbonyl (C=O) groups excluding carboxylic acids is 1. The summed E-state index contributed by atoms with van der Waals surface area (Å²) in [5, 5.41) is 11.1. The lowest BCUT2D eigenvalue weighted by Gasteiger charge is -2.29. The van der Waals surface area contributed by atoms with Crippen LogP contribution in [0.3, 0.4) is 0 Å². The summed E-state index contributed by atoms with van der Waals surface area (Å²) in [4.78, 5) is 13.2. The minimum absolute atomic E-state index is 0.0323. The summed E-state index contributed by atoms with van der Waals surface area (Å²) in [6.45, 7) is 6.07. The van der Waals surface area contributed by atoms with Crippen LogP contribution >= 0.6 is 11.8 Å². The van der Waals surface area contributed by atoms with E-state index in [4.69, 9.17) is 4.74 Å². The van der Waals surface area contributed by atoms with E-state index in [1.54, 1.807) is 11.8 Å². The number of benzene rings is 1. The molecule has 2 aliphatic heterocycles. The molecule has 3 nitrogen and oxygen atoms in total. The molecule has 0 saturated carbocycles. The monoisotopic (exact) mass is 342 g/mol. The molecule has 4 heteroatoms. The van der Waals surface area contributed by atoms with Crippen molar-refractivity contribution in [3.63, 3.8) is 0 Å². The number of aliphatic hydroxyl groups excluding tert-OH is 1. The number of thioether (sulfide) groups is 1. The molecule has 126 valence electrons. The van der Waals surface area contributed by atoms with Gasteiger partial charge >= 0.3 is 0 Å². The molecule has 1 aliphatic carbocycles. The van der Waals surface area contributed by atoms with E-state index in [0.29, 0.717) is 5.57 Å². The molecule has 3 aliphatic rings. The second-order valence-corrected chi connectivity index (χ2v) is 8.10. The summed E-state index contributed by atoms with van der Waals surface area (Å²) >= 11 is 1.69. The molecule has 2 heterocycles. The first-order chi connectivity index (χ1) is 11.4. The van der Waals surface area contributed by atoms with Gasteiger partial charge in [-0.25, -0.2) is 0 Å². The molecule has 1 aromatic carbocycles. The molecule has 1 aromatic rings. The van der Waals surface area contributed by atoms with Crippen LogP contribution < -0.4 is 0 Å². The summed E-state index contributed by atoms with van der Waals surface area (Å²) in [7, 11) is 0. The number of hydrogen-bond donors (Lipinski definition) is 1. The van der Waals surface area contributed by atoms with Crippen LogP contribution in [0.5, 0.6) is 0 Å². The van der Waals surface area contributed by atoms with Crippen molar-refractivity contribution < 1.29 is 14.6 Å². The van der Waals surface area contributed by atoms with E-state index in [9.17, 15) is 9.90 Å². The van der Waals surface area contributed by atoms with Crippen molar-refractivity contribution in [3.05, 3.63) is 52.3 Å². The summed E-state index contributed by atoms with van der Waals surface area (Å²) < 4.78 is 6.13. The van der Waals surface area contributed by atoms with Gasteiger partial charge in [0.1, 0.15) is 11.4 Å². The van der Waals surface area contributed by atoms with Crippen molar-refractivity contribution in [3.8, 4) is 0 Å². The molecule has 0 aromatic heterocycles. The second kappa shape index (κ2) is 5.24. The highest BCUT2D eigenvalue weighted by molar-refractivity contribution is 7.98. The number of aliphatic hydroxyl groups is 1. The number of Topliss-reactive ketones (excluding diaryl/α,β-unsaturated/α-hetero) is 1. The Hall–Kier alpha value is -1.52. The first kappa shape index (κ1) is 16.0. The van der Waals surface area contributed by atoms with Gasteiger partial charge in [-0.05, 0) is 43.7 Å². The molecular formula is C20H22O3S. The van der Waals surface area contributed by atoms with E-state index in [-0.39, 0.29) is 29.5 Å². The van der Waals surface area contributed by atoms with Crippen LogP contribution in [0.1, 0.15) is 22.3 Å². The van der Waals surface area contributed by atoms with Crippen LogP contribution in [-0.2, 0) is 9.53 Å². The van der Waals surface area contributed by atoms with E-state index in [2.05, 4.69) is 25.1 Å². The van der Waals surface area contributed by atoms with Gasteiger partial charge in [0.05, 0.1) is 23.5 Å². The van der Waals surface area contributed by atoms with Crippen molar-refractivity contribution in [1.29, 1.82) is 0 Å². The Morgan fingerprint density at radius 2 is 1.92 bits per heavy atom. The highest BCUT2D eigenvalue weighted by Gasteiger charge is 2.64. The van der Waals surface area contributed by atoms with E-state index in [1.165, 1.54) is 5.56 Å². The van der Waals surface area contributed by atoms with Crippen LogP contribution in [-0.4, -0.2) is 34.6 Å². The molecule has 0 spiro atoms. The summed E-state index contributed by atoms with van der Waals surface area (Å²) in [5.74, 6) is 0.475. The number of aryl methyl sites for hydroxylation is 3. The molecule has 24 heavy (non-hydrogen) atoms. The first-order valence-electron chi connectivity index (χ1n) is 8.31. The van der Waals surface area contributed by atoms with Crippen molar-refractivity contribution in [2.24, 2.45) is 11.8 Å². The Labute approximate surface area is 146 Å². The first-order valence-corrected chi connectivity index (χ1v) is 9.70. The lowest BCUT2D eigenvalue weighted by Crippen LogP contribution is -2.38. The summed E-state index contributed by atoms with van der Waals surface area (Å²) in [6, 6.07) is 4.15. The number of fused-ring (bicyclic) bond motifs is 5. The maximum atomic E-state index is 13.2. The minimum Gasteiger partial charge on any atom is -0.511 e. The lowest BCUT2D eigenvalue weighted by molar-refractivity contribution is -0.118. The van der Waals surface area contributed by atoms with Crippen LogP contribution in [0.2, 0.25) is 0 Å². The van der Waals surface area contributed by atoms with E-state index in [0.717, 1.165) is 22.4 Å². The van der Waals surface area contributed by atoms with Crippen molar-refractivity contribution >= 4 is 23.1 Å². The maximum Gasteiger partial charge on any atom is 0.173 e. The predicted molar refractivity (Wildman–Crippen MR) is 97.3 cm³/mol. The van der Waals surface area contributed by atoms with Crippen molar-refractivity contribution in [2.75, 3.05) is 12.0 Å². The Morgan fingerprint density at radius 3 is 2.54 bits per heavy atom. The predicted octanol–water partition coefficient (Wildman–Crippen LogP) is 3.77. The summed E-state index contributed by atoms with van der Waals surface area (Å²) in [6.07, 6.45) is 5.87. The van der Waals surface area contributed by atoms with E-state index >= 15 is 0 Å². The van der Waals surface area contributed by atoms with Gasteiger partial charge in [0, 0.05) is 5.75 Å². The van der Waals surface area contributed by atoms with Gasteiger partial charge in [-0.3, -0.25) is 4.79 Å². The standard InChI is InChI=1S/C20H22O3S/c1-10-7-11(2)14(12(3)8-10)16-18(21)15-13-5-6-20(23-13,9-24-4)17(15)19(16)22/h5-8,13,15,17,22H,9H2,1-4H3/t13-,15-,17+,20-/m0/s1. The number of carbonyl (C=O) groups is 1. The third-order valence-electron chi connectivity index (χ3n) is 5.56. The molecule has 2 bridgehead atoms. The minimum atomic E-state index is -0.539. The van der Waals surface area contributed by atoms with Crippen molar-refractivity contribution in [1.82, 2.24) is 0 Å². The zero-order valence-electron chi connectivity index (χ0n) is 14.4. The van der Waals surface area contributed by atoms with Gasteiger partial charge < -0.3 is 9.84 Å². The quantitative estimate of drug-likeness (QED) is 0.850. The van der Waals surface area contributed by atoms with Gasteiger partial charge in [0.15, 0.2) is 5.78 Å². The summed E-state index contributed by atoms with van der Waals surface area (Å²) in [5.41, 5.74) is 4.13. The molecule has 0 amide bonds. The van der Waals surface area contributed by atoms with Gasteiger partial charge in [-0.15, -0.1) is 0 Å². The molecule has 4 atom stereocenters. The molecule has 0 radical (unpaired) electrons. The third kappa shape index (κ3) is 1.93. The second-order valence-electron chi connectivity index (χ2n) is 7.23. The van der Waals surface area contributed by atoms with Gasteiger partial charge in [0.25, 0.3) is 0 Å². The Morgan fingerprint density at radius 1 is 1.25 bits per heavy atom. The molecule has 0 unspecified atom stereocenters.